The molecule has 0 spiro atoms. The molecule has 3 aromatic rings. The van der Waals surface area contributed by atoms with Crippen LogP contribution in [0.2, 0.25) is 0 Å². The molecule has 2 aliphatic heterocycles. The highest BCUT2D eigenvalue weighted by atomic mass is 35.5. The maximum atomic E-state index is 14.2. The summed E-state index contributed by atoms with van der Waals surface area (Å²) in [5, 5.41) is 4.39. The third-order valence-electron chi connectivity index (χ3n) is 6.30. The van der Waals surface area contributed by atoms with E-state index in [-0.39, 0.29) is 18.4 Å². The fraction of sp³-hybridized carbons (Fsp3) is 0.348. The van der Waals surface area contributed by atoms with E-state index in [4.69, 9.17) is 5.73 Å². The highest BCUT2D eigenvalue weighted by molar-refractivity contribution is 5.85. The lowest BCUT2D eigenvalue weighted by Gasteiger charge is -2.46. The van der Waals surface area contributed by atoms with Crippen LogP contribution in [0.1, 0.15) is 23.2 Å². The van der Waals surface area contributed by atoms with Gasteiger partial charge in [0.15, 0.2) is 0 Å². The minimum atomic E-state index is -0.508. The van der Waals surface area contributed by atoms with Gasteiger partial charge in [0.25, 0.3) is 5.95 Å². The number of benzene rings is 1. The number of hydrogen-bond donors (Lipinski definition) is 1. The molecule has 0 radical (unpaired) electrons. The SMILES string of the molecule is Cc1c(/C=C/CN2CCN3c4cc(F)cc(F)c4CCC3C2)cnn1-c1nccc(N)n1.Cl. The van der Waals surface area contributed by atoms with Gasteiger partial charge in [-0.15, -0.1) is 12.4 Å². The van der Waals surface area contributed by atoms with Crippen molar-refractivity contribution in [3.05, 3.63) is 65.1 Å². The van der Waals surface area contributed by atoms with E-state index in [2.05, 4.69) is 37.0 Å². The van der Waals surface area contributed by atoms with E-state index in [0.717, 1.165) is 55.6 Å². The Labute approximate surface area is 197 Å². The quantitative estimate of drug-likeness (QED) is 0.626. The van der Waals surface area contributed by atoms with Crippen LogP contribution in [0.4, 0.5) is 20.3 Å². The molecule has 2 N–H and O–H groups in total. The molecule has 174 valence electrons. The van der Waals surface area contributed by atoms with E-state index in [1.165, 1.54) is 6.07 Å². The van der Waals surface area contributed by atoms with Gasteiger partial charge >= 0.3 is 0 Å². The molecule has 7 nitrogen and oxygen atoms in total. The number of rotatable bonds is 4. The normalized spacial score (nSPS) is 18.2. The Kier molecular flexibility index (Phi) is 6.62. The van der Waals surface area contributed by atoms with Gasteiger partial charge in [-0.3, -0.25) is 4.90 Å². The highest BCUT2D eigenvalue weighted by Gasteiger charge is 2.32. The van der Waals surface area contributed by atoms with Crippen LogP contribution in [0.3, 0.4) is 0 Å². The molecule has 10 heteroatoms. The minimum Gasteiger partial charge on any atom is -0.384 e. The standard InChI is InChI=1S/C23H25F2N7.ClH/c1-15-16(13-28-32(15)23-27-7-6-22(26)29-23)3-2-8-30-9-10-31-18(14-30)4-5-19-20(25)11-17(24)12-21(19)31;/h2-3,6-7,11-13,18H,4-5,8-10,14H2,1H3,(H2,26,27,29);1H/b3-2+;. The van der Waals surface area contributed by atoms with Crippen LogP contribution in [-0.4, -0.2) is 56.9 Å². The molecule has 0 saturated carbocycles. The summed E-state index contributed by atoms with van der Waals surface area (Å²) in [5.74, 6) is -0.0873. The molecule has 1 atom stereocenters. The number of hydrogen-bond acceptors (Lipinski definition) is 6. The molecule has 2 aromatic heterocycles. The Hall–Kier alpha value is -3.04. The van der Waals surface area contributed by atoms with Crippen LogP contribution < -0.4 is 10.6 Å². The maximum Gasteiger partial charge on any atom is 0.252 e. The van der Waals surface area contributed by atoms with Crippen LogP contribution in [0, 0.1) is 18.6 Å². The summed E-state index contributed by atoms with van der Waals surface area (Å²) in [5.41, 5.74) is 9.05. The van der Waals surface area contributed by atoms with Crippen molar-refractivity contribution in [1.29, 1.82) is 0 Å². The second kappa shape index (κ2) is 9.44. The third kappa shape index (κ3) is 4.56. The van der Waals surface area contributed by atoms with Crippen molar-refractivity contribution in [2.75, 3.05) is 36.8 Å². The summed E-state index contributed by atoms with van der Waals surface area (Å²) in [6.45, 7) is 5.24. The van der Waals surface area contributed by atoms with Crippen molar-refractivity contribution in [3.8, 4) is 5.95 Å². The predicted octanol–water partition coefficient (Wildman–Crippen LogP) is 3.40. The third-order valence-corrected chi connectivity index (χ3v) is 6.30. The number of nitrogens with two attached hydrogens (primary N) is 1. The van der Waals surface area contributed by atoms with Gasteiger partial charge in [0.2, 0.25) is 0 Å². The first kappa shape index (κ1) is 23.1. The first-order chi connectivity index (χ1) is 15.5. The fourth-order valence-electron chi connectivity index (χ4n) is 4.63. The number of nitrogens with zero attached hydrogens (tertiary/aromatic N) is 6. The summed E-state index contributed by atoms with van der Waals surface area (Å²) in [6.07, 6.45) is 9.11. The van der Waals surface area contributed by atoms with Crippen LogP contribution in [0.15, 0.2) is 36.7 Å². The molecular weight excluding hydrogens is 448 g/mol. The van der Waals surface area contributed by atoms with Crippen LogP contribution >= 0.6 is 12.4 Å². The maximum absolute atomic E-state index is 14.2. The first-order valence-electron chi connectivity index (χ1n) is 10.8. The van der Waals surface area contributed by atoms with Gasteiger partial charge in [-0.25, -0.2) is 18.4 Å². The van der Waals surface area contributed by atoms with E-state index in [1.54, 1.807) is 23.1 Å². The molecule has 1 unspecified atom stereocenters. The highest BCUT2D eigenvalue weighted by Crippen LogP contribution is 2.35. The Morgan fingerprint density at radius 2 is 2.09 bits per heavy atom. The number of anilines is 2. The van der Waals surface area contributed by atoms with Gasteiger partial charge in [0.05, 0.1) is 11.9 Å². The average Bonchev–Trinajstić information content (AvgIpc) is 3.13. The zero-order chi connectivity index (χ0) is 22.2. The first-order valence-corrected chi connectivity index (χ1v) is 10.8. The largest absolute Gasteiger partial charge is 0.384 e. The van der Waals surface area contributed by atoms with Crippen molar-refractivity contribution in [1.82, 2.24) is 24.6 Å². The van der Waals surface area contributed by atoms with Crippen LogP contribution in [0.5, 0.6) is 0 Å². The molecule has 1 fully saturated rings. The Balaban J connectivity index is 0.00000259. The van der Waals surface area contributed by atoms with E-state index >= 15 is 0 Å². The molecular formula is C23H26ClF2N7. The summed E-state index contributed by atoms with van der Waals surface area (Å²) in [4.78, 5) is 13.0. The fourth-order valence-corrected chi connectivity index (χ4v) is 4.63. The zero-order valence-electron chi connectivity index (χ0n) is 18.3. The van der Waals surface area contributed by atoms with Gasteiger partial charge in [-0.05, 0) is 31.9 Å². The lowest BCUT2D eigenvalue weighted by atomic mass is 9.93. The predicted molar refractivity (Wildman–Crippen MR) is 127 cm³/mol. The Morgan fingerprint density at radius 3 is 2.91 bits per heavy atom. The molecule has 5 rings (SSSR count). The summed E-state index contributed by atoms with van der Waals surface area (Å²) in [7, 11) is 0. The average molecular weight is 474 g/mol. The van der Waals surface area contributed by atoms with E-state index in [1.807, 2.05) is 6.92 Å². The molecule has 1 saturated heterocycles. The molecule has 0 aliphatic carbocycles. The number of nitrogen functional groups attached to an aromatic ring is 1. The topological polar surface area (TPSA) is 76.1 Å². The minimum absolute atomic E-state index is 0. The van der Waals surface area contributed by atoms with Crippen LogP contribution in [0.25, 0.3) is 12.0 Å². The number of piperazine rings is 1. The smallest absolute Gasteiger partial charge is 0.252 e. The number of halogens is 3. The lowest BCUT2D eigenvalue weighted by molar-refractivity contribution is 0.233. The van der Waals surface area contributed by atoms with Gasteiger partial charge in [-0.2, -0.15) is 10.1 Å². The number of fused-ring (bicyclic) bond motifs is 3. The molecule has 0 amide bonds. The second-order valence-electron chi connectivity index (χ2n) is 8.31. The molecule has 0 bridgehead atoms. The van der Waals surface area contributed by atoms with Crippen molar-refractivity contribution < 1.29 is 8.78 Å². The molecule has 1 aromatic carbocycles. The van der Waals surface area contributed by atoms with Gasteiger partial charge in [0.1, 0.15) is 17.5 Å². The lowest BCUT2D eigenvalue weighted by Crippen LogP contribution is -2.55. The van der Waals surface area contributed by atoms with Gasteiger partial charge in [-0.1, -0.05) is 12.2 Å². The second-order valence-corrected chi connectivity index (χ2v) is 8.31. The van der Waals surface area contributed by atoms with E-state index in [0.29, 0.717) is 23.8 Å². The van der Waals surface area contributed by atoms with Gasteiger partial charge < -0.3 is 10.6 Å². The van der Waals surface area contributed by atoms with Crippen molar-refractivity contribution in [2.24, 2.45) is 0 Å². The Morgan fingerprint density at radius 1 is 1.24 bits per heavy atom. The van der Waals surface area contributed by atoms with Crippen molar-refractivity contribution in [3.63, 3.8) is 0 Å². The molecule has 4 heterocycles. The van der Waals surface area contributed by atoms with Crippen molar-refractivity contribution >= 4 is 30.0 Å². The summed E-state index contributed by atoms with van der Waals surface area (Å²) in [6, 6.07) is 4.38. The van der Waals surface area contributed by atoms with E-state index < -0.39 is 11.6 Å². The van der Waals surface area contributed by atoms with Gasteiger partial charge in [0, 0.05) is 61.3 Å². The summed E-state index contributed by atoms with van der Waals surface area (Å²) >= 11 is 0. The Bertz CT molecular complexity index is 1180. The monoisotopic (exact) mass is 473 g/mol. The molecule has 33 heavy (non-hydrogen) atoms. The summed E-state index contributed by atoms with van der Waals surface area (Å²) < 4.78 is 29.6. The number of aromatic nitrogens is 4. The molecule has 2 aliphatic rings. The van der Waals surface area contributed by atoms with Crippen molar-refractivity contribution in [2.45, 2.75) is 25.8 Å². The van der Waals surface area contributed by atoms with E-state index in [9.17, 15) is 8.78 Å². The van der Waals surface area contributed by atoms with Crippen LogP contribution in [-0.2, 0) is 6.42 Å². The zero-order valence-corrected chi connectivity index (χ0v) is 19.1.